The minimum Gasteiger partial charge on any atom is -0.465 e. The largest absolute Gasteiger partial charge is 0.465 e. The lowest BCUT2D eigenvalue weighted by molar-refractivity contribution is -0.137. The molecule has 0 saturated carbocycles. The van der Waals surface area contributed by atoms with E-state index in [0.717, 1.165) is 12.1 Å². The first-order chi connectivity index (χ1) is 11.3. The normalized spacial score (nSPS) is 16.5. The second-order valence-corrected chi connectivity index (χ2v) is 5.69. The van der Waals surface area contributed by atoms with Crippen molar-refractivity contribution >= 4 is 6.09 Å². The Morgan fingerprint density at radius 1 is 1.33 bits per heavy atom. The first-order valence-electron chi connectivity index (χ1n) is 7.08. The number of amides is 1. The average molecular weight is 341 g/mol. The van der Waals surface area contributed by atoms with Gasteiger partial charge in [0.25, 0.3) is 0 Å². The van der Waals surface area contributed by atoms with E-state index in [4.69, 9.17) is 9.84 Å². The molecule has 1 saturated heterocycles. The van der Waals surface area contributed by atoms with Gasteiger partial charge < -0.3 is 20.1 Å². The Bertz CT molecular complexity index is 736. The molecule has 24 heavy (non-hydrogen) atoms. The first-order valence-corrected chi connectivity index (χ1v) is 7.08. The number of benzene rings is 1. The number of halogens is 3. The van der Waals surface area contributed by atoms with Gasteiger partial charge in [0, 0.05) is 18.2 Å². The van der Waals surface area contributed by atoms with E-state index in [1.807, 2.05) is 0 Å². The van der Waals surface area contributed by atoms with E-state index in [1.165, 1.54) is 12.1 Å². The van der Waals surface area contributed by atoms with Gasteiger partial charge in [-0.1, -0.05) is 12.1 Å². The number of hydrogen-bond acceptors (Lipinski definition) is 3. The van der Waals surface area contributed by atoms with Crippen LogP contribution in [0.5, 0.6) is 0 Å². The molecule has 2 aromatic rings. The predicted molar refractivity (Wildman–Crippen MR) is 77.4 cm³/mol. The van der Waals surface area contributed by atoms with Crippen LogP contribution in [0.15, 0.2) is 30.5 Å². The van der Waals surface area contributed by atoms with Gasteiger partial charge in [0.1, 0.15) is 5.82 Å². The number of aromatic amines is 1. The van der Waals surface area contributed by atoms with Crippen LogP contribution in [0.4, 0.5) is 18.0 Å². The fraction of sp³-hybridized carbons (Fsp3) is 0.333. The van der Waals surface area contributed by atoms with Crippen molar-refractivity contribution in [3.05, 3.63) is 41.9 Å². The molecule has 0 bridgehead atoms. The fourth-order valence-corrected chi connectivity index (χ4v) is 2.54. The van der Waals surface area contributed by atoms with Crippen LogP contribution in [-0.2, 0) is 17.3 Å². The van der Waals surface area contributed by atoms with Gasteiger partial charge in [-0.15, -0.1) is 0 Å². The number of carbonyl (C=O) groups is 1. The van der Waals surface area contributed by atoms with Crippen molar-refractivity contribution in [2.45, 2.75) is 18.1 Å². The van der Waals surface area contributed by atoms with Gasteiger partial charge in [-0.2, -0.15) is 13.2 Å². The lowest BCUT2D eigenvalue weighted by Crippen LogP contribution is -2.63. The summed E-state index contributed by atoms with van der Waals surface area (Å²) in [5.41, 5.74) is -0.417. The molecule has 0 spiro atoms. The number of ether oxygens (including phenoxy) is 1. The van der Waals surface area contributed by atoms with E-state index in [2.05, 4.69) is 15.3 Å². The summed E-state index contributed by atoms with van der Waals surface area (Å²) < 4.78 is 42.8. The van der Waals surface area contributed by atoms with Crippen LogP contribution in [0.2, 0.25) is 0 Å². The standard InChI is InChI=1S/C15H14F3N3O3/c16-15(17,18)10-3-1-9(2-4-10)11-6-19-12(20-11)5-14(7-24-8-14)21-13(22)23/h1-4,6,21H,5,7-8H2,(H,19,20)(H,22,23). The SMILES string of the molecule is O=C(O)NC1(Cc2nc(-c3ccc(C(F)(F)F)cc3)c[nH]2)COC1. The third kappa shape index (κ3) is 3.35. The lowest BCUT2D eigenvalue weighted by Gasteiger charge is -2.40. The van der Waals surface area contributed by atoms with Crippen molar-refractivity contribution in [3.8, 4) is 11.3 Å². The maximum Gasteiger partial charge on any atom is 0.416 e. The second kappa shape index (κ2) is 5.82. The van der Waals surface area contributed by atoms with Crippen LogP contribution in [0.1, 0.15) is 11.4 Å². The number of rotatable bonds is 4. The molecule has 1 aromatic carbocycles. The van der Waals surface area contributed by atoms with E-state index in [9.17, 15) is 18.0 Å². The number of imidazole rings is 1. The van der Waals surface area contributed by atoms with Gasteiger partial charge in [0.05, 0.1) is 30.0 Å². The van der Waals surface area contributed by atoms with Gasteiger partial charge in [0.15, 0.2) is 0 Å². The van der Waals surface area contributed by atoms with Crippen LogP contribution in [-0.4, -0.2) is 39.9 Å². The van der Waals surface area contributed by atoms with Gasteiger partial charge in [0.2, 0.25) is 0 Å². The highest BCUT2D eigenvalue weighted by atomic mass is 19.4. The molecule has 128 valence electrons. The maximum atomic E-state index is 12.6. The Labute approximate surface area is 134 Å². The van der Waals surface area contributed by atoms with Crippen LogP contribution in [0.25, 0.3) is 11.3 Å². The number of nitrogens with one attached hydrogen (secondary N) is 2. The molecular formula is C15H14F3N3O3. The molecule has 1 aliphatic heterocycles. The second-order valence-electron chi connectivity index (χ2n) is 5.69. The van der Waals surface area contributed by atoms with Crippen LogP contribution in [0.3, 0.4) is 0 Å². The molecule has 0 unspecified atom stereocenters. The molecule has 0 atom stereocenters. The van der Waals surface area contributed by atoms with Crippen molar-refractivity contribution in [2.24, 2.45) is 0 Å². The van der Waals surface area contributed by atoms with Crippen molar-refractivity contribution in [2.75, 3.05) is 13.2 Å². The Balaban J connectivity index is 1.75. The Hall–Kier alpha value is -2.55. The molecule has 2 heterocycles. The Morgan fingerprint density at radius 3 is 2.50 bits per heavy atom. The predicted octanol–water partition coefficient (Wildman–Crippen LogP) is 2.67. The van der Waals surface area contributed by atoms with E-state index < -0.39 is 23.4 Å². The van der Waals surface area contributed by atoms with E-state index in [1.54, 1.807) is 6.20 Å². The summed E-state index contributed by atoms with van der Waals surface area (Å²) >= 11 is 0. The van der Waals surface area contributed by atoms with Crippen LogP contribution in [0, 0.1) is 0 Å². The van der Waals surface area contributed by atoms with Crippen LogP contribution >= 0.6 is 0 Å². The highest BCUT2D eigenvalue weighted by Crippen LogP contribution is 2.31. The quantitative estimate of drug-likeness (QED) is 0.798. The minimum atomic E-state index is -4.38. The fourth-order valence-electron chi connectivity index (χ4n) is 2.54. The maximum absolute atomic E-state index is 12.6. The Kier molecular flexibility index (Phi) is 3.96. The molecule has 1 amide bonds. The van der Waals surface area contributed by atoms with Crippen molar-refractivity contribution in [1.82, 2.24) is 15.3 Å². The molecular weight excluding hydrogens is 327 g/mol. The van der Waals surface area contributed by atoms with E-state index in [-0.39, 0.29) is 13.2 Å². The van der Waals surface area contributed by atoms with Gasteiger partial charge >= 0.3 is 12.3 Å². The summed E-state index contributed by atoms with van der Waals surface area (Å²) in [5.74, 6) is 0.530. The molecule has 1 aliphatic rings. The molecule has 0 aliphatic carbocycles. The molecule has 3 N–H and O–H groups in total. The highest BCUT2D eigenvalue weighted by Gasteiger charge is 2.41. The molecule has 0 radical (unpaired) electrons. The number of nitrogens with zero attached hydrogens (tertiary/aromatic N) is 1. The van der Waals surface area contributed by atoms with Gasteiger partial charge in [-0.05, 0) is 12.1 Å². The summed E-state index contributed by atoms with van der Waals surface area (Å²) in [6.45, 7) is 0.491. The number of aromatic nitrogens is 2. The van der Waals surface area contributed by atoms with Crippen molar-refractivity contribution in [1.29, 1.82) is 0 Å². The van der Waals surface area contributed by atoms with Crippen molar-refractivity contribution < 1.29 is 27.8 Å². The highest BCUT2D eigenvalue weighted by molar-refractivity contribution is 5.66. The summed E-state index contributed by atoms with van der Waals surface area (Å²) in [7, 11) is 0. The summed E-state index contributed by atoms with van der Waals surface area (Å²) in [6, 6.07) is 4.69. The molecule has 9 heteroatoms. The smallest absolute Gasteiger partial charge is 0.416 e. The van der Waals surface area contributed by atoms with E-state index >= 15 is 0 Å². The molecule has 1 aromatic heterocycles. The number of alkyl halides is 3. The first kappa shape index (κ1) is 16.3. The molecule has 6 nitrogen and oxygen atoms in total. The summed E-state index contributed by atoms with van der Waals surface area (Å²) in [6.07, 6.45) is -3.65. The number of carboxylic acid groups (broad SMARTS) is 1. The Morgan fingerprint density at radius 2 is 2.00 bits per heavy atom. The third-order valence-corrected chi connectivity index (χ3v) is 3.77. The summed E-state index contributed by atoms with van der Waals surface area (Å²) in [4.78, 5) is 18.1. The number of H-pyrrole nitrogens is 1. The summed E-state index contributed by atoms with van der Waals surface area (Å²) in [5, 5.41) is 11.3. The van der Waals surface area contributed by atoms with Crippen molar-refractivity contribution in [3.63, 3.8) is 0 Å². The molecule has 3 rings (SSSR count). The zero-order chi connectivity index (χ0) is 17.4. The average Bonchev–Trinajstić information content (AvgIpc) is 2.92. The monoisotopic (exact) mass is 341 g/mol. The number of hydrogen-bond donors (Lipinski definition) is 3. The van der Waals surface area contributed by atoms with Gasteiger partial charge in [-0.25, -0.2) is 9.78 Å². The molecule has 1 fully saturated rings. The minimum absolute atomic E-state index is 0.246. The zero-order valence-electron chi connectivity index (χ0n) is 12.4. The topological polar surface area (TPSA) is 87.2 Å². The lowest BCUT2D eigenvalue weighted by atomic mass is 9.93. The third-order valence-electron chi connectivity index (χ3n) is 3.77. The van der Waals surface area contributed by atoms with Crippen LogP contribution < -0.4 is 5.32 Å². The zero-order valence-corrected chi connectivity index (χ0v) is 12.4. The van der Waals surface area contributed by atoms with Gasteiger partial charge in [-0.3, -0.25) is 0 Å². The van der Waals surface area contributed by atoms with E-state index in [0.29, 0.717) is 23.5 Å².